The highest BCUT2D eigenvalue weighted by atomic mass is 79.9. The molecule has 0 fully saturated rings. The minimum Gasteiger partial charge on any atom is -0.418 e. The van der Waals surface area contributed by atoms with E-state index in [-0.39, 0.29) is 0 Å². The fourth-order valence-corrected chi connectivity index (χ4v) is 1.54. The van der Waals surface area contributed by atoms with Crippen molar-refractivity contribution in [3.8, 4) is 11.8 Å². The molecule has 0 N–H and O–H groups in total. The molecule has 0 unspecified atom stereocenters. The SMILES string of the molecule is N#Cc1ccc2cc(OBr)ccc2c1. The first-order chi connectivity index (χ1) is 6.83. The Morgan fingerprint density at radius 3 is 2.50 bits per heavy atom. The van der Waals surface area contributed by atoms with Gasteiger partial charge in [-0.05, 0) is 35.0 Å². The van der Waals surface area contributed by atoms with Crippen LogP contribution in [0.5, 0.6) is 5.75 Å². The van der Waals surface area contributed by atoms with Crippen LogP contribution in [0.3, 0.4) is 0 Å². The summed E-state index contributed by atoms with van der Waals surface area (Å²) >= 11 is 2.92. The second kappa shape index (κ2) is 3.69. The Morgan fingerprint density at radius 1 is 1.07 bits per heavy atom. The maximum Gasteiger partial charge on any atom is 0.179 e. The van der Waals surface area contributed by atoms with Gasteiger partial charge in [-0.15, -0.1) is 0 Å². The van der Waals surface area contributed by atoms with Crippen molar-refractivity contribution in [2.24, 2.45) is 0 Å². The molecule has 2 aromatic carbocycles. The van der Waals surface area contributed by atoms with Crippen LogP contribution in [0.15, 0.2) is 36.4 Å². The van der Waals surface area contributed by atoms with Gasteiger partial charge in [-0.25, -0.2) is 0 Å². The number of hydrogen-bond donors (Lipinski definition) is 0. The monoisotopic (exact) mass is 247 g/mol. The van der Waals surface area contributed by atoms with E-state index in [1.54, 1.807) is 6.07 Å². The van der Waals surface area contributed by atoms with Crippen LogP contribution < -0.4 is 3.83 Å². The molecule has 0 aliphatic heterocycles. The fraction of sp³-hybridized carbons (Fsp3) is 0. The third-order valence-corrected chi connectivity index (χ3v) is 2.40. The van der Waals surface area contributed by atoms with Crippen LogP contribution >= 0.6 is 16.3 Å². The van der Waals surface area contributed by atoms with Crippen LogP contribution in [0.1, 0.15) is 5.56 Å². The Kier molecular flexibility index (Phi) is 2.38. The highest BCUT2D eigenvalue weighted by Gasteiger charge is 1.98. The second-order valence-corrected chi connectivity index (χ2v) is 3.24. The van der Waals surface area contributed by atoms with Crippen LogP contribution in [0, 0.1) is 11.3 Å². The Labute approximate surface area is 90.2 Å². The number of benzene rings is 2. The van der Waals surface area contributed by atoms with Crippen molar-refractivity contribution in [3.05, 3.63) is 42.0 Å². The lowest BCUT2D eigenvalue weighted by Crippen LogP contribution is -1.78. The third kappa shape index (κ3) is 1.57. The van der Waals surface area contributed by atoms with Crippen molar-refractivity contribution < 1.29 is 3.83 Å². The Morgan fingerprint density at radius 2 is 1.79 bits per heavy atom. The van der Waals surface area contributed by atoms with Gasteiger partial charge in [0.05, 0.1) is 11.6 Å². The highest BCUT2D eigenvalue weighted by molar-refractivity contribution is 9.06. The molecule has 0 aromatic heterocycles. The zero-order valence-electron chi connectivity index (χ0n) is 7.20. The summed E-state index contributed by atoms with van der Waals surface area (Å²) in [6, 6.07) is 13.3. The Bertz CT molecular complexity index is 516. The fourth-order valence-electron chi connectivity index (χ4n) is 1.34. The molecule has 0 heterocycles. The molecule has 0 amide bonds. The number of nitrogens with zero attached hydrogens (tertiary/aromatic N) is 1. The maximum absolute atomic E-state index is 8.72. The minimum atomic E-state index is 0.671. The lowest BCUT2D eigenvalue weighted by Gasteiger charge is -2.00. The average molecular weight is 248 g/mol. The molecule has 3 heteroatoms. The smallest absolute Gasteiger partial charge is 0.179 e. The summed E-state index contributed by atoms with van der Waals surface area (Å²) in [6.07, 6.45) is 0. The second-order valence-electron chi connectivity index (χ2n) is 2.91. The van der Waals surface area contributed by atoms with Gasteiger partial charge in [0.2, 0.25) is 0 Å². The standard InChI is InChI=1S/C11H6BrNO/c12-14-11-4-3-9-5-8(7-13)1-2-10(9)6-11/h1-6H. The van der Waals surface area contributed by atoms with Gasteiger partial charge in [-0.2, -0.15) is 5.26 Å². The Balaban J connectivity index is 2.64. The van der Waals surface area contributed by atoms with E-state index in [0.29, 0.717) is 5.56 Å². The predicted octanol–water partition coefficient (Wildman–Crippen LogP) is 3.40. The van der Waals surface area contributed by atoms with E-state index in [9.17, 15) is 0 Å². The largest absolute Gasteiger partial charge is 0.418 e. The summed E-state index contributed by atoms with van der Waals surface area (Å²) in [6.45, 7) is 0. The number of hydrogen-bond acceptors (Lipinski definition) is 2. The third-order valence-electron chi connectivity index (χ3n) is 2.03. The molecule has 2 rings (SSSR count). The van der Waals surface area contributed by atoms with Gasteiger partial charge in [0.25, 0.3) is 0 Å². The summed E-state index contributed by atoms with van der Waals surface area (Å²) in [5.41, 5.74) is 0.671. The van der Waals surface area contributed by atoms with Crippen molar-refractivity contribution in [1.29, 1.82) is 5.26 Å². The molecule has 0 aliphatic rings. The average Bonchev–Trinajstić information content (AvgIpc) is 2.27. The van der Waals surface area contributed by atoms with E-state index < -0.39 is 0 Å². The number of halogens is 1. The highest BCUT2D eigenvalue weighted by Crippen LogP contribution is 2.22. The predicted molar refractivity (Wildman–Crippen MR) is 58.2 cm³/mol. The van der Waals surface area contributed by atoms with Gasteiger partial charge in [0.1, 0.15) is 5.75 Å². The molecule has 0 saturated carbocycles. The summed E-state index contributed by atoms with van der Waals surface area (Å²) in [7, 11) is 0. The molecule has 0 radical (unpaired) electrons. The Hall–Kier alpha value is -1.53. The summed E-state index contributed by atoms with van der Waals surface area (Å²) in [5.74, 6) is 0.752. The van der Waals surface area contributed by atoms with Crippen LogP contribution in [-0.2, 0) is 0 Å². The van der Waals surface area contributed by atoms with Gasteiger partial charge in [-0.3, -0.25) is 0 Å². The van der Waals surface area contributed by atoms with E-state index >= 15 is 0 Å². The molecule has 0 atom stereocenters. The van der Waals surface area contributed by atoms with E-state index in [2.05, 4.69) is 22.3 Å². The van der Waals surface area contributed by atoms with Gasteiger partial charge >= 0.3 is 0 Å². The lowest BCUT2D eigenvalue weighted by molar-refractivity contribution is 0.680. The first-order valence-corrected chi connectivity index (χ1v) is 4.71. The van der Waals surface area contributed by atoms with Crippen molar-refractivity contribution in [2.45, 2.75) is 0 Å². The van der Waals surface area contributed by atoms with Crippen molar-refractivity contribution in [1.82, 2.24) is 0 Å². The quantitative estimate of drug-likeness (QED) is 0.774. The molecule has 0 spiro atoms. The minimum absolute atomic E-state index is 0.671. The van der Waals surface area contributed by atoms with Crippen LogP contribution in [0.4, 0.5) is 0 Å². The van der Waals surface area contributed by atoms with Crippen LogP contribution in [0.2, 0.25) is 0 Å². The van der Waals surface area contributed by atoms with Crippen LogP contribution in [0.25, 0.3) is 10.8 Å². The molecule has 2 aromatic rings. The van der Waals surface area contributed by atoms with Gasteiger partial charge in [0, 0.05) is 0 Å². The first kappa shape index (κ1) is 9.04. The molecule has 0 saturated heterocycles. The molecule has 0 aliphatic carbocycles. The summed E-state index contributed by atoms with van der Waals surface area (Å²) in [5, 5.41) is 10.8. The maximum atomic E-state index is 8.72. The molecular weight excluding hydrogens is 242 g/mol. The van der Waals surface area contributed by atoms with E-state index in [1.165, 1.54) is 0 Å². The van der Waals surface area contributed by atoms with E-state index in [1.807, 2.05) is 30.3 Å². The first-order valence-electron chi connectivity index (χ1n) is 4.06. The number of fused-ring (bicyclic) bond motifs is 1. The normalized spacial score (nSPS) is 9.71. The summed E-state index contributed by atoms with van der Waals surface area (Å²) < 4.78 is 4.93. The molecule has 68 valence electrons. The van der Waals surface area contributed by atoms with Crippen LogP contribution in [-0.4, -0.2) is 0 Å². The summed E-state index contributed by atoms with van der Waals surface area (Å²) in [4.78, 5) is 0. The van der Waals surface area contributed by atoms with E-state index in [4.69, 9.17) is 9.09 Å². The molecular formula is C11H6BrNO. The molecule has 2 nitrogen and oxygen atoms in total. The zero-order valence-corrected chi connectivity index (χ0v) is 8.78. The number of rotatable bonds is 1. The van der Waals surface area contributed by atoms with Gasteiger partial charge in [0.15, 0.2) is 16.3 Å². The number of nitriles is 1. The molecule has 0 bridgehead atoms. The van der Waals surface area contributed by atoms with Crippen molar-refractivity contribution >= 4 is 27.0 Å². The topological polar surface area (TPSA) is 33.0 Å². The van der Waals surface area contributed by atoms with Gasteiger partial charge in [-0.1, -0.05) is 12.1 Å². The van der Waals surface area contributed by atoms with Crippen molar-refractivity contribution in [3.63, 3.8) is 0 Å². The molecule has 14 heavy (non-hydrogen) atoms. The van der Waals surface area contributed by atoms with Crippen molar-refractivity contribution in [2.75, 3.05) is 0 Å². The van der Waals surface area contributed by atoms with Gasteiger partial charge < -0.3 is 3.83 Å². The lowest BCUT2D eigenvalue weighted by atomic mass is 10.1. The van der Waals surface area contributed by atoms with E-state index in [0.717, 1.165) is 16.5 Å². The zero-order chi connectivity index (χ0) is 9.97.